The molecule has 0 saturated carbocycles. The molecule has 5 nitrogen and oxygen atoms in total. The lowest BCUT2D eigenvalue weighted by atomic mass is 10.1. The van der Waals surface area contributed by atoms with Gasteiger partial charge in [0.15, 0.2) is 0 Å². The lowest BCUT2D eigenvalue weighted by Gasteiger charge is -2.09. The number of phenols is 1. The van der Waals surface area contributed by atoms with Gasteiger partial charge in [0, 0.05) is 13.1 Å². The van der Waals surface area contributed by atoms with Crippen molar-refractivity contribution in [3.63, 3.8) is 0 Å². The van der Waals surface area contributed by atoms with Gasteiger partial charge in [0.05, 0.1) is 5.56 Å². The summed E-state index contributed by atoms with van der Waals surface area (Å²) < 4.78 is 5.33. The summed E-state index contributed by atoms with van der Waals surface area (Å²) in [4.78, 5) is 6.52. The molecule has 0 atom stereocenters. The van der Waals surface area contributed by atoms with Crippen molar-refractivity contribution in [3.05, 3.63) is 36.4 Å². The topological polar surface area (TPSA) is 62.4 Å². The monoisotopic (exact) mass is 281 g/mol. The average Bonchev–Trinajstić information content (AvgIpc) is 3.17. The Morgan fingerprint density at radius 3 is 2.52 bits per heavy atom. The predicted molar refractivity (Wildman–Crippen MR) is 80.4 cm³/mol. The van der Waals surface area contributed by atoms with Gasteiger partial charge in [0.25, 0.3) is 11.8 Å². The molecule has 1 fully saturated rings. The standard InChI is InChI=1S/C16H15N3O2/c20-14-10-12-6-2-1-5-11(12)9-13(14)15-17-16(18-21-15)19-7-3-4-8-19/h1-2,5-6,9-10,20H,3-4,7-8H2. The van der Waals surface area contributed by atoms with Gasteiger partial charge in [0.2, 0.25) is 0 Å². The van der Waals surface area contributed by atoms with Crippen molar-refractivity contribution in [2.24, 2.45) is 0 Å². The molecule has 0 spiro atoms. The van der Waals surface area contributed by atoms with Crippen LogP contribution in [0.3, 0.4) is 0 Å². The molecule has 1 saturated heterocycles. The first kappa shape index (κ1) is 12.2. The molecule has 21 heavy (non-hydrogen) atoms. The van der Waals surface area contributed by atoms with E-state index in [0.29, 0.717) is 17.4 Å². The molecule has 4 rings (SSSR count). The van der Waals surface area contributed by atoms with Gasteiger partial charge in [0.1, 0.15) is 5.75 Å². The quantitative estimate of drug-likeness (QED) is 0.781. The molecule has 0 radical (unpaired) electrons. The predicted octanol–water partition coefficient (Wildman–Crippen LogP) is 3.20. The molecule has 106 valence electrons. The van der Waals surface area contributed by atoms with Crippen LogP contribution in [0.2, 0.25) is 0 Å². The molecular weight excluding hydrogens is 266 g/mol. The van der Waals surface area contributed by atoms with Crippen molar-refractivity contribution in [1.29, 1.82) is 0 Å². The zero-order valence-corrected chi connectivity index (χ0v) is 11.5. The van der Waals surface area contributed by atoms with Gasteiger partial charge in [-0.25, -0.2) is 0 Å². The molecule has 2 aromatic carbocycles. The van der Waals surface area contributed by atoms with E-state index in [1.54, 1.807) is 6.07 Å². The number of hydrogen-bond acceptors (Lipinski definition) is 5. The van der Waals surface area contributed by atoms with E-state index in [0.717, 1.165) is 36.7 Å². The van der Waals surface area contributed by atoms with E-state index in [1.807, 2.05) is 30.3 Å². The fourth-order valence-electron chi connectivity index (χ4n) is 2.77. The third kappa shape index (κ3) is 2.11. The van der Waals surface area contributed by atoms with Gasteiger partial charge in [-0.05, 0) is 40.9 Å². The Labute approximate surface area is 121 Å². The molecule has 0 amide bonds. The number of hydrogen-bond donors (Lipinski definition) is 1. The van der Waals surface area contributed by atoms with E-state index in [1.165, 1.54) is 0 Å². The molecule has 0 bridgehead atoms. The van der Waals surface area contributed by atoms with E-state index in [-0.39, 0.29) is 5.75 Å². The van der Waals surface area contributed by atoms with Gasteiger partial charge < -0.3 is 14.5 Å². The smallest absolute Gasteiger partial charge is 0.266 e. The Morgan fingerprint density at radius 2 is 1.76 bits per heavy atom. The van der Waals surface area contributed by atoms with Crippen molar-refractivity contribution in [1.82, 2.24) is 10.1 Å². The van der Waals surface area contributed by atoms with Gasteiger partial charge in [-0.3, -0.25) is 0 Å². The van der Waals surface area contributed by atoms with Crippen LogP contribution in [-0.4, -0.2) is 28.3 Å². The molecule has 1 aromatic heterocycles. The van der Waals surface area contributed by atoms with Crippen molar-refractivity contribution >= 4 is 16.7 Å². The minimum absolute atomic E-state index is 0.158. The highest BCUT2D eigenvalue weighted by atomic mass is 16.5. The number of aromatic nitrogens is 2. The zero-order chi connectivity index (χ0) is 14.2. The second-order valence-corrected chi connectivity index (χ2v) is 5.31. The van der Waals surface area contributed by atoms with E-state index in [9.17, 15) is 5.11 Å². The van der Waals surface area contributed by atoms with Gasteiger partial charge in [-0.15, -0.1) is 0 Å². The Hall–Kier alpha value is -2.56. The highest BCUT2D eigenvalue weighted by Gasteiger charge is 2.20. The van der Waals surface area contributed by atoms with Crippen LogP contribution in [0.1, 0.15) is 12.8 Å². The fraction of sp³-hybridized carbons (Fsp3) is 0.250. The normalized spacial score (nSPS) is 15.0. The summed E-state index contributed by atoms with van der Waals surface area (Å²) >= 11 is 0. The average molecular weight is 281 g/mol. The molecule has 3 aromatic rings. The third-order valence-corrected chi connectivity index (χ3v) is 3.90. The van der Waals surface area contributed by atoms with E-state index in [4.69, 9.17) is 4.52 Å². The van der Waals surface area contributed by atoms with Crippen LogP contribution in [0.15, 0.2) is 40.9 Å². The fourth-order valence-corrected chi connectivity index (χ4v) is 2.77. The van der Waals surface area contributed by atoms with Crippen LogP contribution in [0, 0.1) is 0 Å². The minimum Gasteiger partial charge on any atom is -0.507 e. The molecule has 5 heteroatoms. The van der Waals surface area contributed by atoms with E-state index < -0.39 is 0 Å². The lowest BCUT2D eigenvalue weighted by molar-refractivity contribution is 0.424. The first-order valence-corrected chi connectivity index (χ1v) is 7.12. The van der Waals surface area contributed by atoms with Crippen LogP contribution < -0.4 is 4.90 Å². The number of phenolic OH excluding ortho intramolecular Hbond substituents is 1. The van der Waals surface area contributed by atoms with Crippen LogP contribution in [0.25, 0.3) is 22.2 Å². The van der Waals surface area contributed by atoms with Gasteiger partial charge in [-0.2, -0.15) is 4.98 Å². The number of anilines is 1. The van der Waals surface area contributed by atoms with Crippen LogP contribution in [0.5, 0.6) is 5.75 Å². The highest BCUT2D eigenvalue weighted by Crippen LogP contribution is 2.33. The lowest BCUT2D eigenvalue weighted by Crippen LogP contribution is -2.18. The summed E-state index contributed by atoms with van der Waals surface area (Å²) in [7, 11) is 0. The second-order valence-electron chi connectivity index (χ2n) is 5.31. The van der Waals surface area contributed by atoms with Crippen LogP contribution >= 0.6 is 0 Å². The maximum Gasteiger partial charge on any atom is 0.266 e. The van der Waals surface area contributed by atoms with Crippen LogP contribution in [0.4, 0.5) is 5.95 Å². The maximum atomic E-state index is 10.2. The Bertz CT molecular complexity index is 791. The number of nitrogens with zero attached hydrogens (tertiary/aromatic N) is 3. The van der Waals surface area contributed by atoms with Gasteiger partial charge >= 0.3 is 0 Å². The summed E-state index contributed by atoms with van der Waals surface area (Å²) in [6, 6.07) is 11.5. The summed E-state index contributed by atoms with van der Waals surface area (Å²) in [5.74, 6) is 1.13. The van der Waals surface area contributed by atoms with Crippen molar-refractivity contribution in [3.8, 4) is 17.2 Å². The van der Waals surface area contributed by atoms with Crippen LogP contribution in [-0.2, 0) is 0 Å². The SMILES string of the molecule is Oc1cc2ccccc2cc1-c1nc(N2CCCC2)no1. The third-order valence-electron chi connectivity index (χ3n) is 3.90. The first-order chi connectivity index (χ1) is 10.3. The summed E-state index contributed by atoms with van der Waals surface area (Å²) in [5, 5.41) is 16.2. The Kier molecular flexibility index (Phi) is 2.77. The number of benzene rings is 2. The molecular formula is C16H15N3O2. The number of rotatable bonds is 2. The molecule has 0 aliphatic carbocycles. The Balaban J connectivity index is 1.77. The molecule has 1 aliphatic heterocycles. The maximum absolute atomic E-state index is 10.2. The van der Waals surface area contributed by atoms with E-state index in [2.05, 4.69) is 15.0 Å². The summed E-state index contributed by atoms with van der Waals surface area (Å²) in [6.07, 6.45) is 2.32. The zero-order valence-electron chi connectivity index (χ0n) is 11.5. The molecule has 0 unspecified atom stereocenters. The second kappa shape index (κ2) is 4.77. The summed E-state index contributed by atoms with van der Waals surface area (Å²) in [5.41, 5.74) is 0.576. The number of aromatic hydroxyl groups is 1. The molecule has 2 heterocycles. The van der Waals surface area contributed by atoms with E-state index >= 15 is 0 Å². The van der Waals surface area contributed by atoms with Crippen molar-refractivity contribution in [2.45, 2.75) is 12.8 Å². The highest BCUT2D eigenvalue weighted by molar-refractivity contribution is 5.89. The largest absolute Gasteiger partial charge is 0.507 e. The van der Waals surface area contributed by atoms with Crippen molar-refractivity contribution in [2.75, 3.05) is 18.0 Å². The molecule has 1 N–H and O–H groups in total. The first-order valence-electron chi connectivity index (χ1n) is 7.12. The summed E-state index contributed by atoms with van der Waals surface area (Å²) in [6.45, 7) is 1.92. The minimum atomic E-state index is 0.158. The molecule has 1 aliphatic rings. The van der Waals surface area contributed by atoms with Gasteiger partial charge in [-0.1, -0.05) is 24.3 Å². The Morgan fingerprint density at radius 1 is 1.05 bits per heavy atom. The van der Waals surface area contributed by atoms with Crippen molar-refractivity contribution < 1.29 is 9.63 Å². The number of fused-ring (bicyclic) bond motifs is 1.